The topological polar surface area (TPSA) is 88.1 Å². The first-order valence-corrected chi connectivity index (χ1v) is 7.57. The molecular formula is C17H19FO7. The first-order chi connectivity index (χ1) is 11.9. The van der Waals surface area contributed by atoms with E-state index >= 15 is 0 Å². The van der Waals surface area contributed by atoms with E-state index in [1.165, 1.54) is 25.3 Å². The Kier molecular flexibility index (Phi) is 5.95. The molecule has 0 bridgehead atoms. The average molecular weight is 354 g/mol. The van der Waals surface area contributed by atoms with Crippen LogP contribution in [0.4, 0.5) is 4.39 Å². The number of carbonyl (C=O) groups is 3. The van der Waals surface area contributed by atoms with Crippen molar-refractivity contribution in [1.82, 2.24) is 0 Å². The highest BCUT2D eigenvalue weighted by molar-refractivity contribution is 5.96. The Bertz CT molecular complexity index is 657. The smallest absolute Gasteiger partial charge is 0.320 e. The van der Waals surface area contributed by atoms with Crippen LogP contribution in [0.15, 0.2) is 18.2 Å². The zero-order valence-corrected chi connectivity index (χ0v) is 14.1. The molecule has 0 amide bonds. The first-order valence-electron chi connectivity index (χ1n) is 7.57. The van der Waals surface area contributed by atoms with Crippen molar-refractivity contribution in [2.45, 2.75) is 12.3 Å². The summed E-state index contributed by atoms with van der Waals surface area (Å²) in [4.78, 5) is 36.2. The molecule has 1 aliphatic heterocycles. The van der Waals surface area contributed by atoms with Gasteiger partial charge in [0.15, 0.2) is 5.92 Å². The minimum atomic E-state index is -1.35. The number of benzene rings is 1. The lowest BCUT2D eigenvalue weighted by Crippen LogP contribution is -2.40. The van der Waals surface area contributed by atoms with Gasteiger partial charge in [0.2, 0.25) is 0 Å². The molecule has 0 radical (unpaired) electrons. The molecule has 1 heterocycles. The lowest BCUT2D eigenvalue weighted by atomic mass is 9.74. The van der Waals surface area contributed by atoms with Gasteiger partial charge in [-0.15, -0.1) is 0 Å². The highest BCUT2D eigenvalue weighted by atomic mass is 19.1. The molecule has 8 heteroatoms. The van der Waals surface area contributed by atoms with Crippen LogP contribution in [-0.4, -0.2) is 45.8 Å². The SMILES string of the molecule is COC(=O)CC1COc2ccc(F)cc2C1C(C(=O)OC)C(=O)OC. The number of halogens is 1. The second-order valence-electron chi connectivity index (χ2n) is 5.58. The molecule has 0 N–H and O–H groups in total. The van der Waals surface area contributed by atoms with Gasteiger partial charge in [-0.05, 0) is 18.2 Å². The molecule has 0 aromatic heterocycles. The van der Waals surface area contributed by atoms with Gasteiger partial charge in [-0.2, -0.15) is 0 Å². The van der Waals surface area contributed by atoms with Gasteiger partial charge in [0.25, 0.3) is 0 Å². The number of hydrogen-bond donors (Lipinski definition) is 0. The fraction of sp³-hybridized carbons (Fsp3) is 0.471. The van der Waals surface area contributed by atoms with E-state index in [0.29, 0.717) is 11.3 Å². The Morgan fingerprint density at radius 1 is 1.16 bits per heavy atom. The highest BCUT2D eigenvalue weighted by Gasteiger charge is 2.46. The number of hydrogen-bond acceptors (Lipinski definition) is 7. The molecule has 25 heavy (non-hydrogen) atoms. The average Bonchev–Trinajstić information content (AvgIpc) is 2.62. The van der Waals surface area contributed by atoms with Crippen LogP contribution < -0.4 is 4.74 Å². The summed E-state index contributed by atoms with van der Waals surface area (Å²) >= 11 is 0. The predicted molar refractivity (Wildman–Crippen MR) is 82.3 cm³/mol. The van der Waals surface area contributed by atoms with E-state index in [0.717, 1.165) is 14.2 Å². The van der Waals surface area contributed by atoms with E-state index in [4.69, 9.17) is 14.2 Å². The Morgan fingerprint density at radius 2 is 1.80 bits per heavy atom. The van der Waals surface area contributed by atoms with Crippen molar-refractivity contribution in [2.75, 3.05) is 27.9 Å². The van der Waals surface area contributed by atoms with Crippen molar-refractivity contribution in [1.29, 1.82) is 0 Å². The standard InChI is InChI=1S/C17H19FO7/c1-22-13(19)6-9-8-25-12-5-4-10(18)7-11(12)14(9)15(16(20)23-2)17(21)24-3/h4-5,7,9,14-15H,6,8H2,1-3H3. The van der Waals surface area contributed by atoms with Crippen LogP contribution >= 0.6 is 0 Å². The van der Waals surface area contributed by atoms with Gasteiger partial charge in [0, 0.05) is 17.4 Å². The summed E-state index contributed by atoms with van der Waals surface area (Å²) in [5.74, 6) is -5.21. The van der Waals surface area contributed by atoms with Crippen LogP contribution in [0.2, 0.25) is 0 Å². The summed E-state index contributed by atoms with van der Waals surface area (Å²) in [6, 6.07) is 3.81. The number of esters is 3. The molecule has 1 aliphatic rings. The van der Waals surface area contributed by atoms with E-state index in [1.807, 2.05) is 0 Å². The number of carbonyl (C=O) groups excluding carboxylic acids is 3. The summed E-state index contributed by atoms with van der Waals surface area (Å²) in [5, 5.41) is 0. The molecular weight excluding hydrogens is 335 g/mol. The molecule has 1 aromatic rings. The molecule has 136 valence electrons. The Labute approximate surface area is 144 Å². The summed E-state index contributed by atoms with van der Waals surface area (Å²) in [5.41, 5.74) is 0.306. The van der Waals surface area contributed by atoms with Gasteiger partial charge < -0.3 is 18.9 Å². The normalized spacial score (nSPS) is 18.8. The lowest BCUT2D eigenvalue weighted by Gasteiger charge is -2.35. The third-order valence-corrected chi connectivity index (χ3v) is 4.22. The molecule has 2 rings (SSSR count). The maximum Gasteiger partial charge on any atom is 0.320 e. The zero-order valence-electron chi connectivity index (χ0n) is 14.1. The monoisotopic (exact) mass is 354 g/mol. The summed E-state index contributed by atoms with van der Waals surface area (Å²) in [7, 11) is 3.51. The van der Waals surface area contributed by atoms with Gasteiger partial charge in [0.05, 0.1) is 34.4 Å². The van der Waals surface area contributed by atoms with Gasteiger partial charge in [0.1, 0.15) is 11.6 Å². The van der Waals surface area contributed by atoms with Crippen molar-refractivity contribution in [3.05, 3.63) is 29.6 Å². The Hall–Kier alpha value is -2.64. The number of ether oxygens (including phenoxy) is 4. The number of methoxy groups -OCH3 is 3. The quantitative estimate of drug-likeness (QED) is 0.449. The molecule has 0 aliphatic carbocycles. The van der Waals surface area contributed by atoms with Gasteiger partial charge in [-0.25, -0.2) is 4.39 Å². The van der Waals surface area contributed by atoms with E-state index in [9.17, 15) is 18.8 Å². The van der Waals surface area contributed by atoms with Crippen molar-refractivity contribution in [3.8, 4) is 5.75 Å². The van der Waals surface area contributed by atoms with Crippen LogP contribution in [0.3, 0.4) is 0 Å². The van der Waals surface area contributed by atoms with Gasteiger partial charge >= 0.3 is 17.9 Å². The minimum absolute atomic E-state index is 0.0584. The Morgan fingerprint density at radius 3 is 2.36 bits per heavy atom. The molecule has 0 fully saturated rings. The van der Waals surface area contributed by atoms with E-state index in [-0.39, 0.29) is 13.0 Å². The summed E-state index contributed by atoms with van der Waals surface area (Å²) in [6.45, 7) is 0.0584. The lowest BCUT2D eigenvalue weighted by molar-refractivity contribution is -0.162. The number of fused-ring (bicyclic) bond motifs is 1. The summed E-state index contributed by atoms with van der Waals surface area (Å²) < 4.78 is 33.4. The molecule has 0 saturated carbocycles. The third-order valence-electron chi connectivity index (χ3n) is 4.22. The van der Waals surface area contributed by atoms with E-state index in [1.54, 1.807) is 0 Å². The highest BCUT2D eigenvalue weighted by Crippen LogP contribution is 2.44. The molecule has 0 spiro atoms. The molecule has 7 nitrogen and oxygen atoms in total. The number of rotatable bonds is 5. The molecule has 2 atom stereocenters. The van der Waals surface area contributed by atoms with E-state index < -0.39 is 41.5 Å². The van der Waals surface area contributed by atoms with E-state index in [2.05, 4.69) is 4.74 Å². The van der Waals surface area contributed by atoms with Crippen LogP contribution in [0.5, 0.6) is 5.75 Å². The molecule has 2 unspecified atom stereocenters. The van der Waals surface area contributed by atoms with Gasteiger partial charge in [-0.1, -0.05) is 0 Å². The van der Waals surface area contributed by atoms with Gasteiger partial charge in [-0.3, -0.25) is 14.4 Å². The summed E-state index contributed by atoms with van der Waals surface area (Å²) in [6.07, 6.45) is -0.110. The second kappa shape index (κ2) is 7.96. The maximum absolute atomic E-state index is 13.8. The second-order valence-corrected chi connectivity index (χ2v) is 5.58. The Balaban J connectivity index is 2.54. The first kappa shape index (κ1) is 18.7. The van der Waals surface area contributed by atoms with Crippen molar-refractivity contribution >= 4 is 17.9 Å². The third kappa shape index (κ3) is 3.89. The van der Waals surface area contributed by atoms with Crippen LogP contribution in [0, 0.1) is 17.7 Å². The van der Waals surface area contributed by atoms with Crippen molar-refractivity contribution in [2.24, 2.45) is 11.8 Å². The molecule has 0 saturated heterocycles. The van der Waals surface area contributed by atoms with Crippen molar-refractivity contribution in [3.63, 3.8) is 0 Å². The van der Waals surface area contributed by atoms with Crippen LogP contribution in [0.1, 0.15) is 17.9 Å². The van der Waals surface area contributed by atoms with Crippen LogP contribution in [-0.2, 0) is 28.6 Å². The zero-order chi connectivity index (χ0) is 18.6. The fourth-order valence-corrected chi connectivity index (χ4v) is 3.04. The largest absolute Gasteiger partial charge is 0.493 e. The van der Waals surface area contributed by atoms with Crippen molar-refractivity contribution < 1.29 is 37.7 Å². The minimum Gasteiger partial charge on any atom is -0.493 e. The predicted octanol–water partition coefficient (Wildman–Crippen LogP) is 1.44. The molecule has 1 aromatic carbocycles. The van der Waals surface area contributed by atoms with Crippen LogP contribution in [0.25, 0.3) is 0 Å². The fourth-order valence-electron chi connectivity index (χ4n) is 3.04. The maximum atomic E-state index is 13.8.